The number of carbonyl (C=O) groups is 2. The van der Waals surface area contributed by atoms with E-state index < -0.39 is 5.97 Å². The first-order valence-corrected chi connectivity index (χ1v) is 11.6. The molecule has 0 aliphatic heterocycles. The van der Waals surface area contributed by atoms with Crippen molar-refractivity contribution in [3.05, 3.63) is 70.6 Å². The summed E-state index contributed by atoms with van der Waals surface area (Å²) in [5, 5.41) is 4.94. The number of thioether (sulfide) groups is 1. The standard InChI is InChI=1S/C24H24N4O4S/c1-32-22(30)11-13-28-23(31)18-7-3-5-9-20(18)27-24(28)33-15-21(29)25-12-10-16-14-26-19-8-4-2-6-17(16)19/h2-9,14,26H,10-13,15H2,1H3,(H,25,29). The zero-order valence-electron chi connectivity index (χ0n) is 18.2. The Morgan fingerprint density at radius 2 is 1.88 bits per heavy atom. The summed E-state index contributed by atoms with van der Waals surface area (Å²) < 4.78 is 6.12. The average Bonchev–Trinajstić information content (AvgIpc) is 3.25. The fraction of sp³-hybridized carbons (Fsp3) is 0.250. The van der Waals surface area contributed by atoms with E-state index in [2.05, 4.69) is 21.4 Å². The third kappa shape index (κ3) is 5.25. The molecule has 0 saturated carbocycles. The zero-order valence-corrected chi connectivity index (χ0v) is 19.0. The van der Waals surface area contributed by atoms with Gasteiger partial charge in [0.1, 0.15) is 0 Å². The number of aromatic nitrogens is 3. The van der Waals surface area contributed by atoms with Crippen molar-refractivity contribution in [2.24, 2.45) is 0 Å². The number of nitrogens with one attached hydrogen (secondary N) is 2. The van der Waals surface area contributed by atoms with Gasteiger partial charge in [-0.15, -0.1) is 0 Å². The van der Waals surface area contributed by atoms with Crippen LogP contribution in [0.2, 0.25) is 0 Å². The molecule has 0 saturated heterocycles. The smallest absolute Gasteiger partial charge is 0.307 e. The first-order chi connectivity index (χ1) is 16.1. The van der Waals surface area contributed by atoms with Crippen LogP contribution in [0.3, 0.4) is 0 Å². The number of methoxy groups -OCH3 is 1. The number of ether oxygens (including phenoxy) is 1. The fourth-order valence-corrected chi connectivity index (χ4v) is 4.47. The largest absolute Gasteiger partial charge is 0.469 e. The molecule has 0 aliphatic carbocycles. The molecule has 0 radical (unpaired) electrons. The Morgan fingerprint density at radius 3 is 2.70 bits per heavy atom. The molecule has 2 aromatic heterocycles. The van der Waals surface area contributed by atoms with Gasteiger partial charge in [0.05, 0.1) is 30.2 Å². The van der Waals surface area contributed by atoms with Gasteiger partial charge in [0.15, 0.2) is 5.16 Å². The third-order valence-electron chi connectivity index (χ3n) is 5.32. The molecule has 1 amide bonds. The Morgan fingerprint density at radius 1 is 1.12 bits per heavy atom. The summed E-state index contributed by atoms with van der Waals surface area (Å²) in [6.07, 6.45) is 2.71. The van der Waals surface area contributed by atoms with E-state index in [1.54, 1.807) is 24.3 Å². The van der Waals surface area contributed by atoms with Crippen LogP contribution in [0.4, 0.5) is 0 Å². The van der Waals surface area contributed by atoms with E-state index in [9.17, 15) is 14.4 Å². The second-order valence-corrected chi connectivity index (χ2v) is 8.39. The summed E-state index contributed by atoms with van der Waals surface area (Å²) in [4.78, 5) is 44.8. The second kappa shape index (κ2) is 10.4. The molecular formula is C24H24N4O4S. The molecule has 0 fully saturated rings. The molecule has 0 atom stereocenters. The number of nitrogens with zero attached hydrogens (tertiary/aromatic N) is 2. The van der Waals surface area contributed by atoms with Gasteiger partial charge < -0.3 is 15.0 Å². The number of H-pyrrole nitrogens is 1. The summed E-state index contributed by atoms with van der Waals surface area (Å²) in [7, 11) is 1.31. The highest BCUT2D eigenvalue weighted by Crippen LogP contribution is 2.19. The van der Waals surface area contributed by atoms with Crippen LogP contribution in [0.15, 0.2) is 64.7 Å². The zero-order chi connectivity index (χ0) is 23.2. The molecule has 0 bridgehead atoms. The summed E-state index contributed by atoms with van der Waals surface area (Å²) in [6.45, 7) is 0.634. The number of hydrogen-bond donors (Lipinski definition) is 2. The van der Waals surface area contributed by atoms with Crippen molar-refractivity contribution < 1.29 is 14.3 Å². The van der Waals surface area contributed by atoms with Crippen LogP contribution in [0, 0.1) is 0 Å². The quantitative estimate of drug-likeness (QED) is 0.224. The number of benzene rings is 2. The molecule has 4 rings (SSSR count). The van der Waals surface area contributed by atoms with E-state index in [0.29, 0.717) is 29.0 Å². The SMILES string of the molecule is COC(=O)CCn1c(SCC(=O)NCCc2c[nH]c3ccccc23)nc2ccccc2c1=O. The molecule has 2 N–H and O–H groups in total. The minimum Gasteiger partial charge on any atom is -0.469 e. The molecule has 4 aromatic rings. The highest BCUT2D eigenvalue weighted by Gasteiger charge is 2.14. The van der Waals surface area contributed by atoms with Crippen LogP contribution in [-0.4, -0.2) is 45.8 Å². The maximum absolute atomic E-state index is 13.0. The lowest BCUT2D eigenvalue weighted by molar-refractivity contribution is -0.140. The maximum Gasteiger partial charge on any atom is 0.307 e. The normalized spacial score (nSPS) is 11.1. The Balaban J connectivity index is 1.41. The number of aromatic amines is 1. The molecule has 170 valence electrons. The van der Waals surface area contributed by atoms with E-state index in [-0.39, 0.29) is 30.2 Å². The Hall–Kier alpha value is -3.59. The van der Waals surface area contributed by atoms with Gasteiger partial charge in [-0.1, -0.05) is 42.1 Å². The molecule has 0 unspecified atom stereocenters. The van der Waals surface area contributed by atoms with E-state index in [1.165, 1.54) is 23.4 Å². The lowest BCUT2D eigenvalue weighted by atomic mass is 10.1. The second-order valence-electron chi connectivity index (χ2n) is 7.44. The van der Waals surface area contributed by atoms with Crippen molar-refractivity contribution in [3.8, 4) is 0 Å². The van der Waals surface area contributed by atoms with E-state index in [4.69, 9.17) is 4.74 Å². The number of amides is 1. The van der Waals surface area contributed by atoms with Crippen LogP contribution in [-0.2, 0) is 27.3 Å². The lowest BCUT2D eigenvalue weighted by Crippen LogP contribution is -2.29. The van der Waals surface area contributed by atoms with Gasteiger partial charge in [-0.05, 0) is 30.2 Å². The van der Waals surface area contributed by atoms with E-state index in [0.717, 1.165) is 16.5 Å². The van der Waals surface area contributed by atoms with Crippen molar-refractivity contribution >= 4 is 45.4 Å². The summed E-state index contributed by atoms with van der Waals surface area (Å²) in [6, 6.07) is 15.1. The predicted molar refractivity (Wildman–Crippen MR) is 128 cm³/mol. The average molecular weight is 465 g/mol. The highest BCUT2D eigenvalue weighted by molar-refractivity contribution is 7.99. The van der Waals surface area contributed by atoms with Crippen LogP contribution in [0.1, 0.15) is 12.0 Å². The fourth-order valence-electron chi connectivity index (χ4n) is 3.62. The van der Waals surface area contributed by atoms with Crippen molar-refractivity contribution in [2.75, 3.05) is 19.4 Å². The highest BCUT2D eigenvalue weighted by atomic mass is 32.2. The van der Waals surface area contributed by atoms with Gasteiger partial charge >= 0.3 is 5.97 Å². The Kier molecular flexibility index (Phi) is 7.09. The lowest BCUT2D eigenvalue weighted by Gasteiger charge is -2.12. The number of carbonyl (C=O) groups excluding carboxylic acids is 2. The minimum absolute atomic E-state index is 0.0425. The monoisotopic (exact) mass is 464 g/mol. The molecule has 2 aromatic carbocycles. The third-order valence-corrected chi connectivity index (χ3v) is 6.29. The van der Waals surface area contributed by atoms with Gasteiger partial charge in [-0.3, -0.25) is 19.0 Å². The van der Waals surface area contributed by atoms with E-state index in [1.807, 2.05) is 24.4 Å². The number of hydrogen-bond acceptors (Lipinski definition) is 6. The molecule has 0 aliphatic rings. The summed E-state index contributed by atoms with van der Waals surface area (Å²) >= 11 is 1.18. The van der Waals surface area contributed by atoms with Crippen molar-refractivity contribution in [1.29, 1.82) is 0 Å². The van der Waals surface area contributed by atoms with Crippen LogP contribution in [0.5, 0.6) is 0 Å². The predicted octanol–water partition coefficient (Wildman–Crippen LogP) is 2.89. The van der Waals surface area contributed by atoms with Crippen LogP contribution < -0.4 is 10.9 Å². The van der Waals surface area contributed by atoms with Crippen molar-refractivity contribution in [3.63, 3.8) is 0 Å². The van der Waals surface area contributed by atoms with Gasteiger partial charge in [0, 0.05) is 30.2 Å². The van der Waals surface area contributed by atoms with Gasteiger partial charge in [-0.25, -0.2) is 4.98 Å². The van der Waals surface area contributed by atoms with Crippen molar-refractivity contribution in [2.45, 2.75) is 24.5 Å². The molecule has 0 spiro atoms. The summed E-state index contributed by atoms with van der Waals surface area (Å²) in [5.41, 5.74) is 2.53. The molecule has 2 heterocycles. The number of para-hydroxylation sites is 2. The van der Waals surface area contributed by atoms with Crippen molar-refractivity contribution in [1.82, 2.24) is 19.9 Å². The molecular weight excluding hydrogens is 440 g/mol. The molecule has 8 nitrogen and oxygen atoms in total. The first kappa shape index (κ1) is 22.6. The van der Waals surface area contributed by atoms with Gasteiger partial charge in [-0.2, -0.15) is 0 Å². The van der Waals surface area contributed by atoms with Gasteiger partial charge in [0.2, 0.25) is 5.91 Å². The number of fused-ring (bicyclic) bond motifs is 2. The maximum atomic E-state index is 13.0. The number of esters is 1. The Labute approximate surface area is 194 Å². The molecule has 9 heteroatoms. The minimum atomic E-state index is -0.416. The van der Waals surface area contributed by atoms with Gasteiger partial charge in [0.25, 0.3) is 5.56 Å². The first-order valence-electron chi connectivity index (χ1n) is 10.6. The Bertz CT molecular complexity index is 1360. The van der Waals surface area contributed by atoms with Crippen LogP contribution >= 0.6 is 11.8 Å². The molecule has 33 heavy (non-hydrogen) atoms. The van der Waals surface area contributed by atoms with E-state index >= 15 is 0 Å². The van der Waals surface area contributed by atoms with Crippen LogP contribution in [0.25, 0.3) is 21.8 Å². The number of rotatable bonds is 9. The summed E-state index contributed by atoms with van der Waals surface area (Å²) in [5.74, 6) is -0.459. The topological polar surface area (TPSA) is 106 Å².